The van der Waals surface area contributed by atoms with Crippen molar-refractivity contribution in [2.45, 2.75) is 19.1 Å². The summed E-state index contributed by atoms with van der Waals surface area (Å²) in [6.45, 7) is 1.81. The second kappa shape index (κ2) is 8.68. The third kappa shape index (κ3) is 3.60. The molecule has 1 unspecified atom stereocenters. The molecule has 0 radical (unpaired) electrons. The number of H-pyrrole nitrogens is 1. The van der Waals surface area contributed by atoms with Crippen molar-refractivity contribution in [2.24, 2.45) is 0 Å². The van der Waals surface area contributed by atoms with Gasteiger partial charge in [0.05, 0.1) is 11.0 Å². The average Bonchev–Trinajstić information content (AvgIpc) is 3.36. The molecule has 10 heteroatoms. The minimum Gasteiger partial charge on any atom is -0.465 e. The summed E-state index contributed by atoms with van der Waals surface area (Å²) in [5, 5.41) is 21.4. The Bertz CT molecular complexity index is 1470. The maximum absolute atomic E-state index is 14.2. The first kappa shape index (κ1) is 24.2. The Morgan fingerprint density at radius 3 is 2.63 bits per heavy atom. The first-order valence-corrected chi connectivity index (χ1v) is 10.7. The highest BCUT2D eigenvalue weighted by Gasteiger charge is 2.50. The number of aromatic nitrogens is 2. The molecule has 8 nitrogen and oxygen atoms in total. The van der Waals surface area contributed by atoms with Crippen LogP contribution in [0.5, 0.6) is 0 Å². The van der Waals surface area contributed by atoms with Crippen LogP contribution in [-0.2, 0) is 12.1 Å². The molecule has 1 aliphatic rings. The fourth-order valence-corrected chi connectivity index (χ4v) is 4.38. The number of carboxylic acid groups (broad SMARTS) is 1. The van der Waals surface area contributed by atoms with Crippen molar-refractivity contribution in [1.82, 2.24) is 9.97 Å². The van der Waals surface area contributed by atoms with Gasteiger partial charge in [0.15, 0.2) is 5.72 Å². The smallest absolute Gasteiger partial charge is 0.413 e. The lowest BCUT2D eigenvalue weighted by molar-refractivity contribution is 0.0704. The van der Waals surface area contributed by atoms with Crippen molar-refractivity contribution >= 4 is 47.1 Å². The molecule has 180 valence electrons. The molecular formula is C25H22ClFN4O4. The summed E-state index contributed by atoms with van der Waals surface area (Å²) in [7, 11) is 1.36. The first-order valence-electron chi connectivity index (χ1n) is 10.7. The molecule has 1 aromatic heterocycles. The number of aromatic amines is 1. The Kier molecular flexibility index (Phi) is 6.00. The summed E-state index contributed by atoms with van der Waals surface area (Å²) in [5.41, 5.74) is 0.983. The lowest BCUT2D eigenvalue weighted by Crippen LogP contribution is -2.45. The number of carbonyl (C=O) groups excluding carboxylic acids is 1. The molecule has 0 spiro atoms. The summed E-state index contributed by atoms with van der Waals surface area (Å²) in [4.78, 5) is 34.2. The number of aryl methyl sites for hydroxylation is 1. The van der Waals surface area contributed by atoms with Gasteiger partial charge in [-0.05, 0) is 48.4 Å². The predicted molar refractivity (Wildman–Crippen MR) is 132 cm³/mol. The fraction of sp³-hybridized carbons (Fsp3) is 0.160. The molecule has 0 saturated carbocycles. The molecule has 5 rings (SSSR count). The van der Waals surface area contributed by atoms with Gasteiger partial charge in [0.25, 0.3) is 5.91 Å². The standard InChI is InChI=1S/C25H21FN4O4.ClH/c1-3-14-12-16(9-10-19(14)26)30-22(31)17-6-4-5-7-18(17)25(30,34)15-8-11-20-21(13-15)28-23(27-20)29(2)24(32)33;/h4-13,34H,3H2,1-2H3,(H,27,28)(H,32,33);1H. The number of anilines is 2. The number of halogens is 2. The summed E-state index contributed by atoms with van der Waals surface area (Å²) in [5.74, 6) is -0.673. The van der Waals surface area contributed by atoms with Crippen LogP contribution in [-0.4, -0.2) is 39.2 Å². The van der Waals surface area contributed by atoms with Crippen LogP contribution in [0, 0.1) is 5.82 Å². The third-order valence-electron chi connectivity index (χ3n) is 6.20. The van der Waals surface area contributed by atoms with E-state index in [9.17, 15) is 24.2 Å². The van der Waals surface area contributed by atoms with Gasteiger partial charge >= 0.3 is 6.09 Å². The van der Waals surface area contributed by atoms with E-state index >= 15 is 0 Å². The van der Waals surface area contributed by atoms with Crippen LogP contribution in [0.2, 0.25) is 0 Å². The van der Waals surface area contributed by atoms with Crippen LogP contribution >= 0.6 is 12.4 Å². The van der Waals surface area contributed by atoms with Crippen LogP contribution in [0.15, 0.2) is 60.7 Å². The number of nitrogens with zero attached hydrogens (tertiary/aromatic N) is 3. The molecule has 2 heterocycles. The van der Waals surface area contributed by atoms with Gasteiger partial charge in [-0.1, -0.05) is 31.2 Å². The van der Waals surface area contributed by atoms with Crippen LogP contribution in [0.1, 0.15) is 34.0 Å². The van der Waals surface area contributed by atoms with Gasteiger partial charge in [0.2, 0.25) is 5.95 Å². The second-order valence-corrected chi connectivity index (χ2v) is 8.12. The SMILES string of the molecule is CCc1cc(N2C(=O)c3ccccc3C2(O)c2ccc3nc(N(C)C(=O)O)[nH]c3c2)ccc1F.Cl. The number of benzene rings is 3. The van der Waals surface area contributed by atoms with Gasteiger partial charge in [-0.15, -0.1) is 12.4 Å². The third-order valence-corrected chi connectivity index (χ3v) is 6.20. The Balaban J connectivity index is 0.00000289. The maximum atomic E-state index is 14.2. The van der Waals surface area contributed by atoms with E-state index in [0.29, 0.717) is 45.4 Å². The van der Waals surface area contributed by atoms with E-state index in [1.807, 2.05) is 6.92 Å². The molecule has 3 N–H and O–H groups in total. The number of carbonyl (C=O) groups is 2. The number of hydrogen-bond acceptors (Lipinski definition) is 4. The highest BCUT2D eigenvalue weighted by atomic mass is 35.5. The van der Waals surface area contributed by atoms with E-state index in [0.717, 1.165) is 4.90 Å². The average molecular weight is 497 g/mol. The summed E-state index contributed by atoms with van der Waals surface area (Å²) in [6, 6.07) is 16.0. The van der Waals surface area contributed by atoms with E-state index in [4.69, 9.17) is 0 Å². The van der Waals surface area contributed by atoms with Crippen molar-refractivity contribution in [1.29, 1.82) is 0 Å². The Morgan fingerprint density at radius 1 is 1.17 bits per heavy atom. The lowest BCUT2D eigenvalue weighted by Gasteiger charge is -2.35. The van der Waals surface area contributed by atoms with Crippen LogP contribution in [0.25, 0.3) is 11.0 Å². The number of fused-ring (bicyclic) bond motifs is 2. The fourth-order valence-electron chi connectivity index (χ4n) is 4.38. The molecule has 4 aromatic rings. The topological polar surface area (TPSA) is 110 Å². The zero-order valence-corrected chi connectivity index (χ0v) is 19.6. The molecule has 35 heavy (non-hydrogen) atoms. The van der Waals surface area contributed by atoms with Gasteiger partial charge in [0, 0.05) is 29.4 Å². The molecule has 0 saturated heterocycles. The number of amides is 2. The molecule has 3 aromatic carbocycles. The van der Waals surface area contributed by atoms with Gasteiger partial charge in [-0.3, -0.25) is 14.6 Å². The van der Waals surface area contributed by atoms with Crippen LogP contribution in [0.4, 0.5) is 20.8 Å². The van der Waals surface area contributed by atoms with Crippen molar-refractivity contribution in [3.05, 3.63) is 88.7 Å². The normalized spacial score (nSPS) is 16.8. The van der Waals surface area contributed by atoms with E-state index in [1.165, 1.54) is 24.1 Å². The van der Waals surface area contributed by atoms with Gasteiger partial charge in [-0.2, -0.15) is 0 Å². The Labute approximate surface area is 206 Å². The summed E-state index contributed by atoms with van der Waals surface area (Å²) in [6.07, 6.45) is -0.755. The molecule has 1 atom stereocenters. The molecule has 0 bridgehead atoms. The predicted octanol–water partition coefficient (Wildman–Crippen LogP) is 4.65. The highest BCUT2D eigenvalue weighted by Crippen LogP contribution is 2.45. The minimum atomic E-state index is -1.88. The van der Waals surface area contributed by atoms with Crippen LogP contribution < -0.4 is 9.80 Å². The van der Waals surface area contributed by atoms with Crippen LogP contribution in [0.3, 0.4) is 0 Å². The lowest BCUT2D eigenvalue weighted by atomic mass is 9.93. The number of aliphatic hydroxyl groups is 1. The zero-order valence-electron chi connectivity index (χ0n) is 18.8. The molecule has 2 amide bonds. The number of rotatable bonds is 4. The van der Waals surface area contributed by atoms with E-state index in [2.05, 4.69) is 9.97 Å². The van der Waals surface area contributed by atoms with Crippen molar-refractivity contribution < 1.29 is 24.2 Å². The highest BCUT2D eigenvalue weighted by molar-refractivity contribution is 6.12. The van der Waals surface area contributed by atoms with Crippen molar-refractivity contribution in [3.63, 3.8) is 0 Å². The maximum Gasteiger partial charge on any atom is 0.413 e. The van der Waals surface area contributed by atoms with Gasteiger partial charge < -0.3 is 15.2 Å². The number of hydrogen-bond donors (Lipinski definition) is 3. The molecule has 0 aliphatic carbocycles. The van der Waals surface area contributed by atoms with Crippen molar-refractivity contribution in [2.75, 3.05) is 16.8 Å². The van der Waals surface area contributed by atoms with Crippen molar-refractivity contribution in [3.8, 4) is 0 Å². The number of nitrogens with one attached hydrogen (secondary N) is 1. The minimum absolute atomic E-state index is 0. The van der Waals surface area contributed by atoms with E-state index < -0.39 is 17.7 Å². The first-order chi connectivity index (χ1) is 16.3. The molecular weight excluding hydrogens is 475 g/mol. The molecule has 1 aliphatic heterocycles. The Morgan fingerprint density at radius 2 is 1.91 bits per heavy atom. The second-order valence-electron chi connectivity index (χ2n) is 8.12. The number of imidazole rings is 1. The van der Waals surface area contributed by atoms with Gasteiger partial charge in [-0.25, -0.2) is 14.2 Å². The van der Waals surface area contributed by atoms with E-state index in [1.54, 1.807) is 48.5 Å². The quantitative estimate of drug-likeness (QED) is 0.381. The Hall–Kier alpha value is -3.95. The molecule has 0 fully saturated rings. The summed E-state index contributed by atoms with van der Waals surface area (Å²) >= 11 is 0. The van der Waals surface area contributed by atoms with E-state index in [-0.39, 0.29) is 24.2 Å². The van der Waals surface area contributed by atoms with Gasteiger partial charge in [0.1, 0.15) is 5.82 Å². The largest absolute Gasteiger partial charge is 0.465 e. The zero-order chi connectivity index (χ0) is 24.2. The monoisotopic (exact) mass is 496 g/mol. The summed E-state index contributed by atoms with van der Waals surface area (Å²) < 4.78 is 14.2.